The van der Waals surface area contributed by atoms with Crippen LogP contribution in [-0.4, -0.2) is 31.2 Å². The zero-order chi connectivity index (χ0) is 11.3. The summed E-state index contributed by atoms with van der Waals surface area (Å²) in [5.74, 6) is 0.776. The SMILES string of the molecule is CCCCSC(=O)NC1C=CS(=O)(=O)C1. The number of nitrogens with one attached hydrogen (secondary N) is 1. The standard InChI is InChI=1S/C9H15NO3S2/c1-2-3-5-14-9(11)10-8-4-6-15(12,13)7-8/h4,6,8H,2-3,5,7H2,1H3,(H,10,11). The Balaban J connectivity index is 2.26. The molecule has 0 aliphatic carbocycles. The largest absolute Gasteiger partial charge is 0.340 e. The molecule has 0 saturated carbocycles. The van der Waals surface area contributed by atoms with Crippen LogP contribution in [0.1, 0.15) is 19.8 Å². The quantitative estimate of drug-likeness (QED) is 0.768. The van der Waals surface area contributed by atoms with Gasteiger partial charge in [0.1, 0.15) is 0 Å². The van der Waals surface area contributed by atoms with Gasteiger partial charge in [-0.15, -0.1) is 0 Å². The maximum atomic E-state index is 11.3. The van der Waals surface area contributed by atoms with Crippen molar-refractivity contribution < 1.29 is 13.2 Å². The van der Waals surface area contributed by atoms with Gasteiger partial charge in [-0.1, -0.05) is 25.1 Å². The highest BCUT2D eigenvalue weighted by Crippen LogP contribution is 2.11. The number of thioether (sulfide) groups is 1. The predicted molar refractivity (Wildman–Crippen MR) is 62.6 cm³/mol. The van der Waals surface area contributed by atoms with Crippen molar-refractivity contribution in [2.75, 3.05) is 11.5 Å². The van der Waals surface area contributed by atoms with Crippen LogP contribution >= 0.6 is 11.8 Å². The van der Waals surface area contributed by atoms with Crippen LogP contribution in [0.2, 0.25) is 0 Å². The number of carbonyl (C=O) groups excluding carboxylic acids is 1. The van der Waals surface area contributed by atoms with Gasteiger partial charge in [0.25, 0.3) is 5.24 Å². The third kappa shape index (κ3) is 4.70. The highest BCUT2D eigenvalue weighted by molar-refractivity contribution is 8.13. The molecular weight excluding hydrogens is 234 g/mol. The van der Waals surface area contributed by atoms with E-state index in [0.717, 1.165) is 24.0 Å². The molecule has 1 amide bonds. The van der Waals surface area contributed by atoms with E-state index in [4.69, 9.17) is 0 Å². The number of hydrogen-bond donors (Lipinski definition) is 1. The molecule has 15 heavy (non-hydrogen) atoms. The van der Waals surface area contributed by atoms with Crippen LogP contribution in [0.15, 0.2) is 11.5 Å². The molecular formula is C9H15NO3S2. The molecule has 0 spiro atoms. The highest BCUT2D eigenvalue weighted by atomic mass is 32.2. The lowest BCUT2D eigenvalue weighted by atomic mass is 10.3. The van der Waals surface area contributed by atoms with Gasteiger partial charge in [0, 0.05) is 11.2 Å². The summed E-state index contributed by atoms with van der Waals surface area (Å²) >= 11 is 1.21. The van der Waals surface area contributed by atoms with Gasteiger partial charge in [-0.2, -0.15) is 0 Å². The van der Waals surface area contributed by atoms with E-state index in [9.17, 15) is 13.2 Å². The summed E-state index contributed by atoms with van der Waals surface area (Å²) in [7, 11) is -3.07. The topological polar surface area (TPSA) is 63.2 Å². The third-order valence-corrected chi connectivity index (χ3v) is 4.23. The van der Waals surface area contributed by atoms with Gasteiger partial charge in [-0.25, -0.2) is 8.42 Å². The second kappa shape index (κ2) is 5.55. The van der Waals surface area contributed by atoms with E-state index in [1.807, 2.05) is 0 Å². The molecule has 1 N–H and O–H groups in total. The van der Waals surface area contributed by atoms with Crippen LogP contribution in [-0.2, 0) is 9.84 Å². The molecule has 0 bridgehead atoms. The fraction of sp³-hybridized carbons (Fsp3) is 0.667. The first-order valence-corrected chi connectivity index (χ1v) is 7.58. The number of hydrogen-bond acceptors (Lipinski definition) is 4. The fourth-order valence-electron chi connectivity index (χ4n) is 1.17. The van der Waals surface area contributed by atoms with E-state index in [1.54, 1.807) is 0 Å². The van der Waals surface area contributed by atoms with Crippen molar-refractivity contribution >= 4 is 26.8 Å². The van der Waals surface area contributed by atoms with Crippen LogP contribution in [0.25, 0.3) is 0 Å². The predicted octanol–water partition coefficient (Wildman–Crippen LogP) is 1.54. The Labute approximate surface area is 94.4 Å². The van der Waals surface area contributed by atoms with Crippen molar-refractivity contribution in [1.29, 1.82) is 0 Å². The molecule has 4 nitrogen and oxygen atoms in total. The fourth-order valence-corrected chi connectivity index (χ4v) is 3.26. The second-order valence-electron chi connectivity index (χ2n) is 3.40. The van der Waals surface area contributed by atoms with E-state index in [2.05, 4.69) is 12.2 Å². The van der Waals surface area contributed by atoms with Crippen LogP contribution < -0.4 is 5.32 Å². The minimum absolute atomic E-state index is 0.00687. The lowest BCUT2D eigenvalue weighted by Crippen LogP contribution is -2.33. The van der Waals surface area contributed by atoms with Gasteiger partial charge >= 0.3 is 0 Å². The lowest BCUT2D eigenvalue weighted by Gasteiger charge is -2.08. The summed E-state index contributed by atoms with van der Waals surface area (Å²) in [6, 6.07) is -0.350. The molecule has 0 aromatic carbocycles. The van der Waals surface area contributed by atoms with Crippen molar-refractivity contribution in [1.82, 2.24) is 5.32 Å². The Kier molecular flexibility index (Phi) is 4.66. The van der Waals surface area contributed by atoms with Crippen molar-refractivity contribution in [3.8, 4) is 0 Å². The Morgan fingerprint density at radius 2 is 2.33 bits per heavy atom. The van der Waals surface area contributed by atoms with Crippen molar-refractivity contribution in [3.05, 3.63) is 11.5 Å². The number of sulfone groups is 1. The Hall–Kier alpha value is -0.490. The van der Waals surface area contributed by atoms with Gasteiger partial charge in [0.15, 0.2) is 9.84 Å². The maximum absolute atomic E-state index is 11.3. The van der Waals surface area contributed by atoms with Crippen molar-refractivity contribution in [2.45, 2.75) is 25.8 Å². The molecule has 1 heterocycles. The second-order valence-corrected chi connectivity index (χ2v) is 6.40. The molecule has 0 radical (unpaired) electrons. The van der Waals surface area contributed by atoms with Crippen LogP contribution in [0.4, 0.5) is 4.79 Å². The summed E-state index contributed by atoms with van der Waals surface area (Å²) < 4.78 is 22.1. The summed E-state index contributed by atoms with van der Waals surface area (Å²) in [6.07, 6.45) is 3.57. The van der Waals surface area contributed by atoms with Crippen LogP contribution in [0.5, 0.6) is 0 Å². The van der Waals surface area contributed by atoms with E-state index in [1.165, 1.54) is 17.8 Å². The number of rotatable bonds is 4. The van der Waals surface area contributed by atoms with Crippen molar-refractivity contribution in [2.24, 2.45) is 0 Å². The minimum Gasteiger partial charge on any atom is -0.340 e. The molecule has 6 heteroatoms. The van der Waals surface area contributed by atoms with Gasteiger partial charge < -0.3 is 5.32 Å². The summed E-state index contributed by atoms with van der Waals surface area (Å²) in [4.78, 5) is 11.3. The van der Waals surface area contributed by atoms with Gasteiger partial charge in [0.2, 0.25) is 0 Å². The third-order valence-electron chi connectivity index (χ3n) is 1.96. The molecule has 1 atom stereocenters. The number of amides is 1. The minimum atomic E-state index is -3.07. The first-order chi connectivity index (χ1) is 7.03. The number of unbranched alkanes of at least 4 members (excludes halogenated alkanes) is 1. The molecule has 1 rings (SSSR count). The van der Waals surface area contributed by atoms with E-state index >= 15 is 0 Å². The molecule has 1 aliphatic heterocycles. The van der Waals surface area contributed by atoms with E-state index in [-0.39, 0.29) is 17.0 Å². The van der Waals surface area contributed by atoms with Crippen LogP contribution in [0, 0.1) is 0 Å². The molecule has 0 saturated heterocycles. The maximum Gasteiger partial charge on any atom is 0.279 e. The highest BCUT2D eigenvalue weighted by Gasteiger charge is 2.22. The van der Waals surface area contributed by atoms with E-state index < -0.39 is 9.84 Å². The Morgan fingerprint density at radius 3 is 2.87 bits per heavy atom. The zero-order valence-corrected chi connectivity index (χ0v) is 10.2. The van der Waals surface area contributed by atoms with Gasteiger partial charge in [-0.05, 0) is 12.5 Å². The van der Waals surface area contributed by atoms with Gasteiger partial charge in [-0.3, -0.25) is 4.79 Å². The molecule has 0 aromatic heterocycles. The average Bonchev–Trinajstić information content (AvgIpc) is 2.46. The van der Waals surface area contributed by atoms with Crippen LogP contribution in [0.3, 0.4) is 0 Å². The molecule has 86 valence electrons. The monoisotopic (exact) mass is 249 g/mol. The summed E-state index contributed by atoms with van der Waals surface area (Å²) in [5.41, 5.74) is 0. The summed E-state index contributed by atoms with van der Waals surface area (Å²) in [6.45, 7) is 2.06. The normalized spacial score (nSPS) is 22.9. The molecule has 0 fully saturated rings. The molecule has 0 aromatic rings. The number of carbonyl (C=O) groups is 1. The molecule has 1 unspecified atom stereocenters. The summed E-state index contributed by atoms with van der Waals surface area (Å²) in [5, 5.41) is 3.67. The first kappa shape index (κ1) is 12.6. The van der Waals surface area contributed by atoms with Gasteiger partial charge in [0.05, 0.1) is 11.8 Å². The smallest absolute Gasteiger partial charge is 0.279 e. The lowest BCUT2D eigenvalue weighted by molar-refractivity contribution is 0.259. The molecule has 1 aliphatic rings. The zero-order valence-electron chi connectivity index (χ0n) is 8.60. The average molecular weight is 249 g/mol. The Morgan fingerprint density at radius 1 is 1.60 bits per heavy atom. The van der Waals surface area contributed by atoms with Crippen molar-refractivity contribution in [3.63, 3.8) is 0 Å². The Bertz CT molecular complexity index is 348. The van der Waals surface area contributed by atoms with E-state index in [0.29, 0.717) is 0 Å². The first-order valence-electron chi connectivity index (χ1n) is 4.88.